The minimum Gasteiger partial charge on any atom is -0.477 e. The highest BCUT2D eigenvalue weighted by molar-refractivity contribution is 6.07. The number of hydrogen-bond donors (Lipinski definition) is 2. The summed E-state index contributed by atoms with van der Waals surface area (Å²) in [4.78, 5) is 34.7. The van der Waals surface area contributed by atoms with Crippen LogP contribution in [0.3, 0.4) is 0 Å². The van der Waals surface area contributed by atoms with Gasteiger partial charge in [-0.3, -0.25) is 10.1 Å². The van der Waals surface area contributed by atoms with Crippen LogP contribution in [-0.2, 0) is 0 Å². The van der Waals surface area contributed by atoms with Crippen molar-refractivity contribution in [3.8, 4) is 0 Å². The van der Waals surface area contributed by atoms with E-state index in [1.165, 1.54) is 18.3 Å². The van der Waals surface area contributed by atoms with Crippen LogP contribution in [0.5, 0.6) is 0 Å². The summed E-state index contributed by atoms with van der Waals surface area (Å²) in [6.45, 7) is 5.25. The first-order valence-corrected chi connectivity index (χ1v) is 7.52. The molecule has 0 aliphatic heterocycles. The van der Waals surface area contributed by atoms with E-state index in [9.17, 15) is 9.59 Å². The Balaban J connectivity index is 1.80. The summed E-state index contributed by atoms with van der Waals surface area (Å²) in [5.41, 5.74) is 1.33. The van der Waals surface area contributed by atoms with Crippen molar-refractivity contribution in [2.75, 3.05) is 0 Å². The number of benzene rings is 1. The van der Waals surface area contributed by atoms with Gasteiger partial charge in [-0.05, 0) is 50.0 Å². The number of carbonyl (C=O) groups excluding carboxylic acids is 1. The number of carboxylic acid groups (broad SMARTS) is 1. The fourth-order valence-electron chi connectivity index (χ4n) is 2.29. The van der Waals surface area contributed by atoms with Crippen molar-refractivity contribution in [3.05, 3.63) is 59.6 Å². The molecule has 2 aromatic heterocycles. The number of fused-ring (bicyclic) bond motifs is 1. The Morgan fingerprint density at radius 2 is 2.04 bits per heavy atom. The molecule has 3 rings (SSSR count). The zero-order valence-corrected chi connectivity index (χ0v) is 13.8. The van der Waals surface area contributed by atoms with E-state index in [4.69, 9.17) is 9.52 Å². The maximum absolute atomic E-state index is 12.2. The molecule has 2 N–H and O–H groups in total. The first kappa shape index (κ1) is 17.0. The maximum Gasteiger partial charge on any atom is 0.354 e. The summed E-state index contributed by atoms with van der Waals surface area (Å²) >= 11 is 0. The standard InChI is InChI=1S/C18H14N4O4/c1-10-7-12-8-13(4-6-15(12)26-10)21-18(19-2)22-16(23)11-3-5-14(17(24)25)20-9-11/h3-9H,2H2,1H3,(H,24,25)(H,21,22,23). The molecule has 0 atom stereocenters. The van der Waals surface area contributed by atoms with E-state index in [1.807, 2.05) is 13.0 Å². The molecule has 0 saturated carbocycles. The van der Waals surface area contributed by atoms with Gasteiger partial charge in [-0.25, -0.2) is 19.8 Å². The normalized spacial score (nSPS) is 11.3. The predicted octanol–water partition coefficient (Wildman–Crippen LogP) is 2.95. The lowest BCUT2D eigenvalue weighted by Crippen LogP contribution is -2.29. The Bertz CT molecular complexity index is 1040. The number of carbonyl (C=O) groups is 2. The zero-order valence-electron chi connectivity index (χ0n) is 13.8. The molecule has 0 aliphatic carbocycles. The van der Waals surface area contributed by atoms with Crippen molar-refractivity contribution < 1.29 is 19.1 Å². The van der Waals surface area contributed by atoms with Crippen molar-refractivity contribution in [2.24, 2.45) is 9.98 Å². The number of rotatable bonds is 3. The highest BCUT2D eigenvalue weighted by Gasteiger charge is 2.11. The maximum atomic E-state index is 12.2. The number of pyridine rings is 1. The number of furan rings is 1. The van der Waals surface area contributed by atoms with Gasteiger partial charge in [0.05, 0.1) is 11.3 Å². The Hall–Kier alpha value is -3.81. The molecule has 0 fully saturated rings. The quantitative estimate of drug-likeness (QED) is 0.556. The van der Waals surface area contributed by atoms with E-state index in [2.05, 4.69) is 27.0 Å². The lowest BCUT2D eigenvalue weighted by atomic mass is 10.2. The number of nitrogens with one attached hydrogen (secondary N) is 1. The van der Waals surface area contributed by atoms with Crippen molar-refractivity contribution in [2.45, 2.75) is 6.92 Å². The fraction of sp³-hybridized carbons (Fsp3) is 0.0556. The van der Waals surface area contributed by atoms with Crippen LogP contribution in [0.25, 0.3) is 11.0 Å². The van der Waals surface area contributed by atoms with E-state index >= 15 is 0 Å². The molecule has 130 valence electrons. The average molecular weight is 350 g/mol. The minimum atomic E-state index is -1.17. The summed E-state index contributed by atoms with van der Waals surface area (Å²) in [6, 6.07) is 9.78. The molecule has 8 heteroatoms. The van der Waals surface area contributed by atoms with Crippen LogP contribution in [0.4, 0.5) is 5.69 Å². The third kappa shape index (κ3) is 3.64. The second kappa shape index (κ2) is 6.98. The largest absolute Gasteiger partial charge is 0.477 e. The third-order valence-corrected chi connectivity index (χ3v) is 3.48. The van der Waals surface area contributed by atoms with Gasteiger partial charge in [-0.1, -0.05) is 0 Å². The molecule has 0 saturated heterocycles. The number of amides is 1. The van der Waals surface area contributed by atoms with Gasteiger partial charge in [-0.15, -0.1) is 0 Å². The lowest BCUT2D eigenvalue weighted by molar-refractivity contribution is 0.0689. The monoisotopic (exact) mass is 350 g/mol. The number of aromatic carboxylic acids is 1. The van der Waals surface area contributed by atoms with Crippen LogP contribution in [0.2, 0.25) is 0 Å². The van der Waals surface area contributed by atoms with Gasteiger partial charge < -0.3 is 9.52 Å². The Morgan fingerprint density at radius 1 is 1.23 bits per heavy atom. The number of guanidine groups is 1. The zero-order chi connectivity index (χ0) is 18.7. The SMILES string of the molecule is C=NC(=Nc1ccc2oc(C)cc2c1)NC(=O)c1ccc(C(=O)O)nc1. The molecular formula is C18H14N4O4. The Kier molecular flexibility index (Phi) is 4.57. The predicted molar refractivity (Wildman–Crippen MR) is 96.3 cm³/mol. The van der Waals surface area contributed by atoms with Crippen LogP contribution in [0, 0.1) is 6.92 Å². The van der Waals surface area contributed by atoms with Crippen molar-refractivity contribution in [1.82, 2.24) is 10.3 Å². The van der Waals surface area contributed by atoms with Crippen molar-refractivity contribution >= 4 is 41.2 Å². The number of hydrogen-bond acceptors (Lipinski definition) is 5. The van der Waals surface area contributed by atoms with Gasteiger partial charge in [0.1, 0.15) is 17.0 Å². The van der Waals surface area contributed by atoms with Gasteiger partial charge in [0.2, 0.25) is 5.96 Å². The number of aryl methyl sites for hydroxylation is 1. The third-order valence-electron chi connectivity index (χ3n) is 3.48. The summed E-state index contributed by atoms with van der Waals surface area (Å²) in [6.07, 6.45) is 1.17. The second-order valence-corrected chi connectivity index (χ2v) is 5.36. The van der Waals surface area contributed by atoms with E-state index < -0.39 is 11.9 Å². The summed E-state index contributed by atoms with van der Waals surface area (Å²) < 4.78 is 5.50. The van der Waals surface area contributed by atoms with Gasteiger partial charge in [0.15, 0.2) is 0 Å². The van der Waals surface area contributed by atoms with Gasteiger partial charge >= 0.3 is 5.97 Å². The highest BCUT2D eigenvalue weighted by atomic mass is 16.4. The van der Waals surface area contributed by atoms with Crippen LogP contribution in [0.15, 0.2) is 57.0 Å². The molecular weight excluding hydrogens is 336 g/mol. The molecule has 0 bridgehead atoms. The molecule has 8 nitrogen and oxygen atoms in total. The molecule has 26 heavy (non-hydrogen) atoms. The number of carboxylic acids is 1. The van der Waals surface area contributed by atoms with Gasteiger partial charge in [0, 0.05) is 11.6 Å². The highest BCUT2D eigenvalue weighted by Crippen LogP contribution is 2.24. The summed E-state index contributed by atoms with van der Waals surface area (Å²) in [7, 11) is 0. The number of nitrogens with zero attached hydrogens (tertiary/aromatic N) is 3. The molecule has 3 aromatic rings. The van der Waals surface area contributed by atoms with Crippen LogP contribution in [0.1, 0.15) is 26.6 Å². The molecule has 0 aliphatic rings. The number of aliphatic imine (C=N–C) groups is 2. The first-order valence-electron chi connectivity index (χ1n) is 7.52. The molecule has 1 amide bonds. The van der Waals surface area contributed by atoms with E-state index in [0.29, 0.717) is 5.69 Å². The van der Waals surface area contributed by atoms with Crippen molar-refractivity contribution in [3.63, 3.8) is 0 Å². The molecule has 1 aromatic carbocycles. The van der Waals surface area contributed by atoms with E-state index in [1.54, 1.807) is 18.2 Å². The fourth-order valence-corrected chi connectivity index (χ4v) is 2.29. The van der Waals surface area contributed by atoms with Gasteiger partial charge in [-0.2, -0.15) is 0 Å². The van der Waals surface area contributed by atoms with E-state index in [0.717, 1.165) is 16.7 Å². The van der Waals surface area contributed by atoms with Crippen LogP contribution in [-0.4, -0.2) is 34.6 Å². The Morgan fingerprint density at radius 3 is 2.69 bits per heavy atom. The Labute approximate surface area is 147 Å². The van der Waals surface area contributed by atoms with Crippen molar-refractivity contribution in [1.29, 1.82) is 0 Å². The molecule has 2 heterocycles. The second-order valence-electron chi connectivity index (χ2n) is 5.36. The average Bonchev–Trinajstić information content (AvgIpc) is 3.00. The van der Waals surface area contributed by atoms with E-state index in [-0.39, 0.29) is 17.2 Å². The molecule has 0 unspecified atom stereocenters. The van der Waals surface area contributed by atoms with Crippen LogP contribution < -0.4 is 5.32 Å². The summed E-state index contributed by atoms with van der Waals surface area (Å²) in [5, 5.41) is 12.2. The smallest absolute Gasteiger partial charge is 0.354 e. The lowest BCUT2D eigenvalue weighted by Gasteiger charge is -2.04. The van der Waals surface area contributed by atoms with Crippen LogP contribution >= 0.6 is 0 Å². The minimum absolute atomic E-state index is 0.0110. The molecule has 0 spiro atoms. The number of aromatic nitrogens is 1. The topological polar surface area (TPSA) is 117 Å². The first-order chi connectivity index (χ1) is 12.5. The molecule has 0 radical (unpaired) electrons. The summed E-state index contributed by atoms with van der Waals surface area (Å²) in [5.74, 6) is -0.900. The van der Waals surface area contributed by atoms with Gasteiger partial charge in [0.25, 0.3) is 5.91 Å².